The van der Waals surface area contributed by atoms with E-state index in [4.69, 9.17) is 37.9 Å². The van der Waals surface area contributed by atoms with Gasteiger partial charge in [-0.3, -0.25) is 0 Å². The molecule has 3 rings (SSSR count). The highest BCUT2D eigenvalue weighted by Crippen LogP contribution is 2.36. The molecule has 0 aromatic rings. The zero-order valence-corrected chi connectivity index (χ0v) is 29.5. The van der Waals surface area contributed by atoms with Gasteiger partial charge >= 0.3 is 5.97 Å². The average Bonchev–Trinajstić information content (AvgIpc) is 3.49. The van der Waals surface area contributed by atoms with Gasteiger partial charge in [-0.05, 0) is 81.6 Å². The molecule has 14 nitrogen and oxygen atoms in total. The molecule has 0 aromatic carbocycles. The normalized spacial score (nSPS) is 35.9. The van der Waals surface area contributed by atoms with Crippen molar-refractivity contribution in [1.29, 1.82) is 0 Å². The minimum absolute atomic E-state index is 0.0345. The molecular formula is C33H58O14. The molecule has 3 aliphatic heterocycles. The van der Waals surface area contributed by atoms with Crippen LogP contribution in [0.3, 0.4) is 0 Å². The van der Waals surface area contributed by atoms with E-state index in [2.05, 4.69) is 0 Å². The molecule has 14 heteroatoms. The second-order valence-electron chi connectivity index (χ2n) is 15.4. The third-order valence-electron chi connectivity index (χ3n) is 9.03. The first-order chi connectivity index (χ1) is 21.6. The third-order valence-corrected chi connectivity index (χ3v) is 9.03. The molecule has 3 saturated heterocycles. The fourth-order valence-electron chi connectivity index (χ4n) is 6.11. The van der Waals surface area contributed by atoms with Gasteiger partial charge in [-0.1, -0.05) is 0 Å². The van der Waals surface area contributed by atoms with Gasteiger partial charge in [0, 0.05) is 13.7 Å². The van der Waals surface area contributed by atoms with Crippen LogP contribution in [0.4, 0.5) is 0 Å². The number of rotatable bonds is 14. The van der Waals surface area contributed by atoms with E-state index in [1.807, 2.05) is 0 Å². The van der Waals surface area contributed by atoms with Crippen molar-refractivity contribution < 1.29 is 67.9 Å². The van der Waals surface area contributed by atoms with Crippen LogP contribution in [0, 0.1) is 0 Å². The maximum absolute atomic E-state index is 13.3. The van der Waals surface area contributed by atoms with Crippen LogP contribution in [-0.4, -0.2) is 149 Å². The van der Waals surface area contributed by atoms with Gasteiger partial charge in [0.05, 0.1) is 35.1 Å². The van der Waals surface area contributed by atoms with Crippen molar-refractivity contribution in [3.8, 4) is 0 Å². The summed E-state index contributed by atoms with van der Waals surface area (Å²) >= 11 is 0. The predicted molar refractivity (Wildman–Crippen MR) is 167 cm³/mol. The summed E-state index contributed by atoms with van der Waals surface area (Å²) in [6.45, 7) is 16.1. The molecule has 3 aliphatic rings. The van der Waals surface area contributed by atoms with Gasteiger partial charge < -0.3 is 63.1 Å². The number of aldehydes is 1. The van der Waals surface area contributed by atoms with Gasteiger partial charge in [0.1, 0.15) is 61.5 Å². The molecule has 0 saturated carbocycles. The molecule has 0 aliphatic carbocycles. The zero-order valence-electron chi connectivity index (χ0n) is 29.5. The van der Waals surface area contributed by atoms with Crippen LogP contribution in [0.2, 0.25) is 0 Å². The molecule has 0 bridgehead atoms. The molecular weight excluding hydrogens is 620 g/mol. The first-order valence-corrected chi connectivity index (χ1v) is 16.5. The lowest BCUT2D eigenvalue weighted by molar-refractivity contribution is -0.289. The number of hydrogen-bond acceptors (Lipinski definition) is 14. The third kappa shape index (κ3) is 10.1. The van der Waals surface area contributed by atoms with Crippen LogP contribution >= 0.6 is 0 Å². The summed E-state index contributed by atoms with van der Waals surface area (Å²) in [6.07, 6.45) is -10.7. The Morgan fingerprint density at radius 3 is 1.96 bits per heavy atom. The SMILES string of the molecule is COC(C)(C)C1OC(C=O)[C@@H](OC(C)(C)CCOC(C)(C)C2OC(C(=O)OCC3CCCO3)[C@@H](OC(C)(C)C)C(O)C2O)C(O)C1O. The molecule has 4 N–H and O–H groups in total. The fourth-order valence-corrected chi connectivity index (χ4v) is 6.11. The summed E-state index contributed by atoms with van der Waals surface area (Å²) in [5.41, 5.74) is -3.98. The van der Waals surface area contributed by atoms with E-state index < -0.39 is 89.4 Å². The van der Waals surface area contributed by atoms with Crippen molar-refractivity contribution in [2.24, 2.45) is 0 Å². The van der Waals surface area contributed by atoms with Gasteiger partial charge in [-0.2, -0.15) is 0 Å². The van der Waals surface area contributed by atoms with Crippen LogP contribution in [0.25, 0.3) is 0 Å². The summed E-state index contributed by atoms with van der Waals surface area (Å²) in [6, 6.07) is 0. The number of methoxy groups -OCH3 is 1. The standard InChI is InChI=1S/C33H58O14/c1-30(2,3)46-25-21(36)23(38)28(45-26(25)29(39)42-17-18-12-11-14-41-18)33(8,9)43-15-13-31(4,5)47-24-19(16-34)44-27(22(37)20(24)35)32(6,7)40-10/h16,18-28,35-38H,11-15,17H2,1-10H3/t18?,19?,20?,21?,22?,23?,24-,25+,26?,27?,28?/m1/s1. The van der Waals surface area contributed by atoms with Crippen LogP contribution in [-0.2, 0) is 47.5 Å². The minimum atomic E-state index is -1.50. The van der Waals surface area contributed by atoms with Crippen molar-refractivity contribution >= 4 is 12.3 Å². The van der Waals surface area contributed by atoms with Crippen molar-refractivity contribution in [2.45, 2.75) is 171 Å². The Morgan fingerprint density at radius 2 is 1.43 bits per heavy atom. The van der Waals surface area contributed by atoms with Crippen molar-refractivity contribution in [2.75, 3.05) is 26.9 Å². The predicted octanol–water partition coefficient (Wildman–Crippen LogP) is 0.844. The van der Waals surface area contributed by atoms with E-state index >= 15 is 0 Å². The topological polar surface area (TPSA) is 189 Å². The molecule has 3 fully saturated rings. The second-order valence-corrected chi connectivity index (χ2v) is 15.4. The minimum Gasteiger partial charge on any atom is -0.461 e. The number of esters is 1. The lowest BCUT2D eigenvalue weighted by atomic mass is 9.86. The Hall–Kier alpha value is -1.30. The van der Waals surface area contributed by atoms with Crippen molar-refractivity contribution in [3.63, 3.8) is 0 Å². The van der Waals surface area contributed by atoms with Crippen molar-refractivity contribution in [3.05, 3.63) is 0 Å². The van der Waals surface area contributed by atoms with Crippen LogP contribution in [0.15, 0.2) is 0 Å². The molecule has 0 radical (unpaired) electrons. The zero-order chi connectivity index (χ0) is 35.5. The molecule has 47 heavy (non-hydrogen) atoms. The number of aliphatic hydroxyl groups excluding tert-OH is 4. The summed E-state index contributed by atoms with van der Waals surface area (Å²) in [5, 5.41) is 44.1. The molecule has 274 valence electrons. The van der Waals surface area contributed by atoms with E-state index in [1.165, 1.54) is 7.11 Å². The first kappa shape index (κ1) is 40.1. The van der Waals surface area contributed by atoms with Crippen LogP contribution in [0.1, 0.15) is 81.6 Å². The Kier molecular flexibility index (Phi) is 13.4. The second kappa shape index (κ2) is 15.7. The lowest BCUT2D eigenvalue weighted by Gasteiger charge is -2.48. The van der Waals surface area contributed by atoms with E-state index in [1.54, 1.807) is 62.3 Å². The van der Waals surface area contributed by atoms with E-state index in [0.29, 0.717) is 12.9 Å². The Labute approximate surface area is 278 Å². The highest BCUT2D eigenvalue weighted by atomic mass is 16.6. The summed E-state index contributed by atoms with van der Waals surface area (Å²) in [4.78, 5) is 25.3. The maximum Gasteiger partial charge on any atom is 0.338 e. The molecule has 0 amide bonds. The monoisotopic (exact) mass is 678 g/mol. The summed E-state index contributed by atoms with van der Waals surface area (Å²) < 4.78 is 46.7. The smallest absolute Gasteiger partial charge is 0.338 e. The largest absolute Gasteiger partial charge is 0.461 e. The van der Waals surface area contributed by atoms with E-state index in [0.717, 1.165) is 12.8 Å². The fraction of sp³-hybridized carbons (Fsp3) is 0.939. The van der Waals surface area contributed by atoms with Gasteiger partial charge in [-0.15, -0.1) is 0 Å². The molecule has 0 aromatic heterocycles. The Morgan fingerprint density at radius 1 is 0.830 bits per heavy atom. The molecule has 3 heterocycles. The van der Waals surface area contributed by atoms with Gasteiger partial charge in [0.15, 0.2) is 12.4 Å². The number of hydrogen-bond donors (Lipinski definition) is 4. The summed E-state index contributed by atoms with van der Waals surface area (Å²) in [5.74, 6) is -0.743. The highest BCUT2D eigenvalue weighted by molar-refractivity contribution is 5.76. The van der Waals surface area contributed by atoms with Gasteiger partial charge in [-0.25, -0.2) is 4.79 Å². The van der Waals surface area contributed by atoms with E-state index in [-0.39, 0.29) is 25.7 Å². The van der Waals surface area contributed by atoms with Gasteiger partial charge in [0.25, 0.3) is 0 Å². The molecule has 11 atom stereocenters. The Bertz CT molecular complexity index is 1020. The Balaban J connectivity index is 1.67. The van der Waals surface area contributed by atoms with Gasteiger partial charge in [0.2, 0.25) is 0 Å². The van der Waals surface area contributed by atoms with E-state index in [9.17, 15) is 30.0 Å². The lowest BCUT2D eigenvalue weighted by Crippen LogP contribution is -2.66. The summed E-state index contributed by atoms with van der Waals surface area (Å²) in [7, 11) is 1.44. The number of ether oxygens (including phenoxy) is 8. The number of aliphatic hydroxyl groups is 4. The van der Waals surface area contributed by atoms with Crippen LogP contribution < -0.4 is 0 Å². The quantitative estimate of drug-likeness (QED) is 0.149. The molecule has 9 unspecified atom stereocenters. The van der Waals surface area contributed by atoms with Crippen molar-refractivity contribution in [1.82, 2.24) is 0 Å². The molecule has 0 spiro atoms. The number of carbonyl (C=O) groups excluding carboxylic acids is 2. The van der Waals surface area contributed by atoms with Crippen LogP contribution in [0.5, 0.6) is 0 Å². The highest BCUT2D eigenvalue weighted by Gasteiger charge is 2.55. The average molecular weight is 679 g/mol. The maximum atomic E-state index is 13.3. The first-order valence-electron chi connectivity index (χ1n) is 16.5. The number of carbonyl (C=O) groups is 2.